The van der Waals surface area contributed by atoms with Crippen LogP contribution in [0.2, 0.25) is 0 Å². The second-order valence-electron chi connectivity index (χ2n) is 6.10. The fraction of sp³-hybridized carbons (Fsp3) is 0.625. The molecule has 1 rings (SSSR count). The highest BCUT2D eigenvalue weighted by atomic mass is 16.2. The fourth-order valence-corrected chi connectivity index (χ4v) is 1.85. The number of nitrogens with one attached hydrogen (secondary N) is 1. The zero-order valence-corrected chi connectivity index (χ0v) is 13.4. The first kappa shape index (κ1) is 16.5. The van der Waals surface area contributed by atoms with E-state index >= 15 is 0 Å². The summed E-state index contributed by atoms with van der Waals surface area (Å²) < 4.78 is 0. The maximum Gasteiger partial charge on any atom is 0.229 e. The van der Waals surface area contributed by atoms with Crippen LogP contribution in [0.5, 0.6) is 0 Å². The molecule has 20 heavy (non-hydrogen) atoms. The van der Waals surface area contributed by atoms with Crippen LogP contribution in [0.3, 0.4) is 0 Å². The highest BCUT2D eigenvalue weighted by Gasteiger charge is 2.21. The lowest BCUT2D eigenvalue weighted by atomic mass is 9.96. The van der Waals surface area contributed by atoms with Crippen LogP contribution in [0.1, 0.15) is 47.5 Å². The van der Waals surface area contributed by atoms with Gasteiger partial charge in [0.05, 0.1) is 11.9 Å². The number of anilines is 2. The van der Waals surface area contributed by atoms with Gasteiger partial charge in [-0.3, -0.25) is 4.79 Å². The number of pyridine rings is 1. The minimum Gasteiger partial charge on any atom is -0.357 e. The first-order valence-electron chi connectivity index (χ1n) is 7.41. The van der Waals surface area contributed by atoms with Crippen LogP contribution in [0.15, 0.2) is 18.3 Å². The predicted molar refractivity (Wildman–Crippen MR) is 85.1 cm³/mol. The first-order valence-corrected chi connectivity index (χ1v) is 7.41. The Hall–Kier alpha value is -1.58. The van der Waals surface area contributed by atoms with Gasteiger partial charge in [-0.1, -0.05) is 34.6 Å². The van der Waals surface area contributed by atoms with Crippen LogP contribution in [0, 0.1) is 5.41 Å². The third kappa shape index (κ3) is 4.83. The number of aromatic nitrogens is 1. The van der Waals surface area contributed by atoms with Crippen molar-refractivity contribution in [2.45, 2.75) is 47.5 Å². The van der Waals surface area contributed by atoms with Gasteiger partial charge in [0, 0.05) is 18.5 Å². The fourth-order valence-electron chi connectivity index (χ4n) is 1.85. The Morgan fingerprint density at radius 3 is 2.20 bits per heavy atom. The maximum absolute atomic E-state index is 11.9. The van der Waals surface area contributed by atoms with E-state index in [4.69, 9.17) is 0 Å². The molecule has 0 unspecified atom stereocenters. The summed E-state index contributed by atoms with van der Waals surface area (Å²) >= 11 is 0. The Labute approximate surface area is 122 Å². The van der Waals surface area contributed by atoms with Gasteiger partial charge in [-0.2, -0.15) is 0 Å². The smallest absolute Gasteiger partial charge is 0.229 e. The minimum absolute atomic E-state index is 0.00558. The van der Waals surface area contributed by atoms with E-state index in [0.717, 1.165) is 37.4 Å². The molecule has 112 valence electrons. The average Bonchev–Trinajstić information content (AvgIpc) is 2.38. The first-order chi connectivity index (χ1) is 9.38. The van der Waals surface area contributed by atoms with Crippen molar-refractivity contribution < 1.29 is 4.79 Å². The Morgan fingerprint density at radius 1 is 1.20 bits per heavy atom. The molecule has 1 aromatic heterocycles. The van der Waals surface area contributed by atoms with Gasteiger partial charge in [0.15, 0.2) is 0 Å². The highest BCUT2D eigenvalue weighted by molar-refractivity contribution is 5.94. The van der Waals surface area contributed by atoms with Crippen molar-refractivity contribution in [2.75, 3.05) is 23.3 Å². The average molecular weight is 277 g/mol. The summed E-state index contributed by atoms with van der Waals surface area (Å²) in [6.07, 6.45) is 3.94. The molecule has 0 aliphatic heterocycles. The Morgan fingerprint density at radius 2 is 1.80 bits per heavy atom. The third-order valence-electron chi connectivity index (χ3n) is 3.00. The molecule has 0 bridgehead atoms. The third-order valence-corrected chi connectivity index (χ3v) is 3.00. The number of carbonyl (C=O) groups is 1. The van der Waals surface area contributed by atoms with Crippen molar-refractivity contribution in [1.82, 2.24) is 4.98 Å². The molecule has 0 fully saturated rings. The van der Waals surface area contributed by atoms with E-state index in [1.54, 1.807) is 6.20 Å². The molecule has 1 aromatic rings. The lowest BCUT2D eigenvalue weighted by molar-refractivity contribution is -0.123. The Balaban J connectivity index is 2.75. The van der Waals surface area contributed by atoms with Gasteiger partial charge >= 0.3 is 0 Å². The summed E-state index contributed by atoms with van der Waals surface area (Å²) in [4.78, 5) is 18.6. The second-order valence-corrected chi connectivity index (χ2v) is 6.10. The topological polar surface area (TPSA) is 45.2 Å². The lowest BCUT2D eigenvalue weighted by Gasteiger charge is -2.23. The second kappa shape index (κ2) is 7.27. The van der Waals surface area contributed by atoms with E-state index in [0.29, 0.717) is 0 Å². The van der Waals surface area contributed by atoms with Gasteiger partial charge < -0.3 is 10.2 Å². The minimum atomic E-state index is -0.394. The molecule has 0 saturated carbocycles. The number of rotatable bonds is 6. The van der Waals surface area contributed by atoms with E-state index in [2.05, 4.69) is 29.0 Å². The van der Waals surface area contributed by atoms with Crippen molar-refractivity contribution in [3.05, 3.63) is 18.3 Å². The standard InChI is InChI=1S/C16H27N3O/c1-6-10-19(11-7-2)14-9-8-13(12-17-14)18-15(20)16(3,4)5/h8-9,12H,6-7,10-11H2,1-5H3,(H,18,20). The molecular formula is C16H27N3O. The van der Waals surface area contributed by atoms with Crippen LogP contribution >= 0.6 is 0 Å². The van der Waals surface area contributed by atoms with E-state index in [9.17, 15) is 4.79 Å². The zero-order valence-electron chi connectivity index (χ0n) is 13.4. The van der Waals surface area contributed by atoms with Gasteiger partial charge in [-0.25, -0.2) is 4.98 Å². The van der Waals surface area contributed by atoms with Crippen molar-refractivity contribution >= 4 is 17.4 Å². The van der Waals surface area contributed by atoms with Crippen molar-refractivity contribution in [3.8, 4) is 0 Å². The van der Waals surface area contributed by atoms with Crippen molar-refractivity contribution in [3.63, 3.8) is 0 Å². The molecule has 0 aromatic carbocycles. The van der Waals surface area contributed by atoms with Gasteiger partial charge in [-0.05, 0) is 25.0 Å². The van der Waals surface area contributed by atoms with Crippen LogP contribution in [-0.4, -0.2) is 24.0 Å². The zero-order chi connectivity index (χ0) is 15.2. The SMILES string of the molecule is CCCN(CCC)c1ccc(NC(=O)C(C)(C)C)cn1. The quantitative estimate of drug-likeness (QED) is 0.862. The summed E-state index contributed by atoms with van der Waals surface area (Å²) in [5.74, 6) is 0.980. The van der Waals surface area contributed by atoms with E-state index < -0.39 is 5.41 Å². The molecule has 1 N–H and O–H groups in total. The summed E-state index contributed by atoms with van der Waals surface area (Å²) in [5.41, 5.74) is 0.358. The molecule has 4 heteroatoms. The van der Waals surface area contributed by atoms with Crippen LogP contribution in [0.4, 0.5) is 11.5 Å². The predicted octanol–water partition coefficient (Wildman–Crippen LogP) is 3.69. The molecule has 4 nitrogen and oxygen atoms in total. The van der Waals surface area contributed by atoms with Gasteiger partial charge in [0.2, 0.25) is 5.91 Å². The molecule has 0 spiro atoms. The Kier molecular flexibility index (Phi) is 5.99. The number of hydrogen-bond acceptors (Lipinski definition) is 3. The monoisotopic (exact) mass is 277 g/mol. The van der Waals surface area contributed by atoms with Crippen LogP contribution in [0.25, 0.3) is 0 Å². The number of carbonyl (C=O) groups excluding carboxylic acids is 1. The van der Waals surface area contributed by atoms with Crippen LogP contribution < -0.4 is 10.2 Å². The summed E-state index contributed by atoms with van der Waals surface area (Å²) in [7, 11) is 0. The largest absolute Gasteiger partial charge is 0.357 e. The number of amides is 1. The van der Waals surface area contributed by atoms with Crippen molar-refractivity contribution in [2.24, 2.45) is 5.41 Å². The Bertz CT molecular complexity index is 414. The molecule has 0 radical (unpaired) electrons. The summed E-state index contributed by atoms with van der Waals surface area (Å²) in [5, 5.41) is 2.89. The highest BCUT2D eigenvalue weighted by Crippen LogP contribution is 2.19. The van der Waals surface area contributed by atoms with E-state index in [-0.39, 0.29) is 5.91 Å². The molecule has 1 heterocycles. The van der Waals surface area contributed by atoms with Gasteiger partial charge in [0.25, 0.3) is 0 Å². The van der Waals surface area contributed by atoms with E-state index in [1.165, 1.54) is 0 Å². The molecule has 0 saturated heterocycles. The van der Waals surface area contributed by atoms with Gasteiger partial charge in [-0.15, -0.1) is 0 Å². The molecule has 0 aliphatic rings. The normalized spacial score (nSPS) is 11.2. The maximum atomic E-state index is 11.9. The molecule has 0 atom stereocenters. The molecule has 1 amide bonds. The van der Waals surface area contributed by atoms with E-state index in [1.807, 2.05) is 32.9 Å². The number of hydrogen-bond donors (Lipinski definition) is 1. The van der Waals surface area contributed by atoms with Crippen LogP contribution in [-0.2, 0) is 4.79 Å². The summed E-state index contributed by atoms with van der Waals surface area (Å²) in [6.45, 7) is 12.0. The van der Waals surface area contributed by atoms with Gasteiger partial charge in [0.1, 0.15) is 5.82 Å². The molecular weight excluding hydrogens is 250 g/mol. The number of nitrogens with zero attached hydrogens (tertiary/aromatic N) is 2. The lowest BCUT2D eigenvalue weighted by Crippen LogP contribution is -2.28. The molecule has 0 aliphatic carbocycles. The summed E-state index contributed by atoms with van der Waals surface area (Å²) in [6, 6.07) is 3.90. The van der Waals surface area contributed by atoms with Crippen molar-refractivity contribution in [1.29, 1.82) is 0 Å².